The Labute approximate surface area is 222 Å². The predicted molar refractivity (Wildman–Crippen MR) is 154 cm³/mol. The molecule has 0 aromatic rings. The Morgan fingerprint density at radius 3 is 1.50 bits per heavy atom. The molecule has 36 heavy (non-hydrogen) atoms. The zero-order chi connectivity index (χ0) is 26.4. The maximum atomic E-state index is 9.72. The van der Waals surface area contributed by atoms with Crippen LogP contribution in [0.2, 0.25) is 0 Å². The van der Waals surface area contributed by atoms with E-state index in [1.165, 1.54) is 103 Å². The van der Waals surface area contributed by atoms with Crippen molar-refractivity contribution in [1.82, 2.24) is 0 Å². The average molecular weight is 497 g/mol. The van der Waals surface area contributed by atoms with Gasteiger partial charge in [-0.05, 0) is 69.3 Å². The second-order valence-corrected chi connectivity index (χ2v) is 9.57. The molecule has 0 aromatic carbocycles. The Bertz CT molecular complexity index is 692. The van der Waals surface area contributed by atoms with Crippen LogP contribution in [0.3, 0.4) is 0 Å². The molecule has 202 valence electrons. The van der Waals surface area contributed by atoms with Crippen LogP contribution in [0.5, 0.6) is 0 Å². The summed E-state index contributed by atoms with van der Waals surface area (Å²) >= 11 is 0. The van der Waals surface area contributed by atoms with Gasteiger partial charge in [0.2, 0.25) is 0 Å². The van der Waals surface area contributed by atoms with Gasteiger partial charge >= 0.3 is 0 Å². The van der Waals surface area contributed by atoms with Crippen molar-refractivity contribution in [2.45, 2.75) is 141 Å². The Hall–Kier alpha value is -1.96. The van der Waals surface area contributed by atoms with Crippen molar-refractivity contribution < 1.29 is 15.3 Å². The summed E-state index contributed by atoms with van der Waals surface area (Å²) in [6, 6.07) is 0. The van der Waals surface area contributed by atoms with Crippen molar-refractivity contribution in [2.24, 2.45) is 0 Å². The molecule has 0 heterocycles. The summed E-state index contributed by atoms with van der Waals surface area (Å²) in [7, 11) is 0. The lowest BCUT2D eigenvalue weighted by molar-refractivity contribution is 0.217. The Morgan fingerprint density at radius 2 is 1.03 bits per heavy atom. The number of rotatable bonds is 23. The predicted octanol–water partition coefficient (Wildman–Crippen LogP) is 7.25. The van der Waals surface area contributed by atoms with E-state index in [-0.39, 0.29) is 6.61 Å². The number of unbranched alkanes of at least 4 members (excludes halogenated alkanes) is 17. The summed E-state index contributed by atoms with van der Waals surface area (Å²) in [5.74, 6) is 12.5. The van der Waals surface area contributed by atoms with Gasteiger partial charge in [0.1, 0.15) is 18.8 Å². The molecule has 0 saturated heterocycles. The molecule has 0 radical (unpaired) electrons. The standard InChI is InChI=1S/C33H52O3/c1-2-32(35)28-24-21-19-17-15-13-11-9-7-5-3-4-6-8-10-12-14-16-18-20-22-25-29-33(36)30-26-23-27-31-34/h1,4,6,24,28,32-36H,3,5,7-22,25,29,31H2. The molecule has 0 amide bonds. The van der Waals surface area contributed by atoms with Crippen molar-refractivity contribution in [1.29, 1.82) is 0 Å². The fourth-order valence-electron chi connectivity index (χ4n) is 4.04. The van der Waals surface area contributed by atoms with Crippen LogP contribution in [-0.2, 0) is 0 Å². The number of hydrogen-bond acceptors (Lipinski definition) is 3. The van der Waals surface area contributed by atoms with Crippen LogP contribution in [0.4, 0.5) is 0 Å². The maximum Gasteiger partial charge on any atom is 0.133 e. The number of hydrogen-bond donors (Lipinski definition) is 3. The first kappa shape index (κ1) is 34.0. The lowest BCUT2D eigenvalue weighted by Crippen LogP contribution is -2.01. The van der Waals surface area contributed by atoms with Gasteiger partial charge in [0, 0.05) is 0 Å². The first-order valence-corrected chi connectivity index (χ1v) is 14.4. The van der Waals surface area contributed by atoms with Crippen LogP contribution < -0.4 is 0 Å². The van der Waals surface area contributed by atoms with Gasteiger partial charge in [0.05, 0.1) is 0 Å². The SMILES string of the molecule is C#CC(O)C=CCCCCCCCCCCC=CCCCCCCCCCCC(O)C#CC#CCO. The van der Waals surface area contributed by atoms with Gasteiger partial charge in [-0.3, -0.25) is 0 Å². The highest BCUT2D eigenvalue weighted by molar-refractivity contribution is 5.27. The van der Waals surface area contributed by atoms with Crippen molar-refractivity contribution in [2.75, 3.05) is 6.61 Å². The highest BCUT2D eigenvalue weighted by Crippen LogP contribution is 2.13. The van der Waals surface area contributed by atoms with Gasteiger partial charge < -0.3 is 15.3 Å². The molecule has 2 unspecified atom stereocenters. The molecule has 0 aliphatic carbocycles. The lowest BCUT2D eigenvalue weighted by atomic mass is 10.0. The third kappa shape index (κ3) is 28.3. The third-order valence-electron chi connectivity index (χ3n) is 6.21. The second kappa shape index (κ2) is 29.3. The molecule has 0 spiro atoms. The molecule has 0 aliphatic rings. The molecule has 0 rings (SSSR count). The zero-order valence-corrected chi connectivity index (χ0v) is 22.7. The molecule has 3 heteroatoms. The number of aliphatic hydroxyl groups excluding tert-OH is 3. The summed E-state index contributed by atoms with van der Waals surface area (Å²) in [5.41, 5.74) is 0. The molecule has 0 bridgehead atoms. The minimum Gasteiger partial charge on any atom is -0.384 e. The topological polar surface area (TPSA) is 60.7 Å². The summed E-state index contributed by atoms with van der Waals surface area (Å²) in [4.78, 5) is 0. The van der Waals surface area contributed by atoms with Gasteiger partial charge in [-0.2, -0.15) is 0 Å². The van der Waals surface area contributed by atoms with Crippen LogP contribution >= 0.6 is 0 Å². The van der Waals surface area contributed by atoms with E-state index in [1.807, 2.05) is 6.08 Å². The number of allylic oxidation sites excluding steroid dienone is 3. The van der Waals surface area contributed by atoms with Crippen LogP contribution in [0.25, 0.3) is 0 Å². The summed E-state index contributed by atoms with van der Waals surface area (Å²) in [5, 5.41) is 27.5. The fourth-order valence-corrected chi connectivity index (χ4v) is 4.04. The Kier molecular flexibility index (Phi) is 27.7. The fraction of sp³-hybridized carbons (Fsp3) is 0.697. The van der Waals surface area contributed by atoms with E-state index in [2.05, 4.69) is 41.8 Å². The van der Waals surface area contributed by atoms with Gasteiger partial charge in [0.25, 0.3) is 0 Å². The van der Waals surface area contributed by atoms with Gasteiger partial charge in [-0.15, -0.1) is 6.42 Å². The number of terminal acetylenes is 1. The number of aliphatic hydroxyl groups is 3. The van der Waals surface area contributed by atoms with E-state index in [0.29, 0.717) is 6.42 Å². The monoisotopic (exact) mass is 496 g/mol. The van der Waals surface area contributed by atoms with E-state index in [9.17, 15) is 10.2 Å². The van der Waals surface area contributed by atoms with Crippen molar-refractivity contribution in [3.05, 3.63) is 24.3 Å². The zero-order valence-electron chi connectivity index (χ0n) is 22.7. The minimum absolute atomic E-state index is 0.188. The largest absolute Gasteiger partial charge is 0.384 e. The molecular formula is C33H52O3. The van der Waals surface area contributed by atoms with Gasteiger partial charge in [0.15, 0.2) is 0 Å². The smallest absolute Gasteiger partial charge is 0.133 e. The van der Waals surface area contributed by atoms with Crippen LogP contribution in [0.1, 0.15) is 128 Å². The van der Waals surface area contributed by atoms with Crippen LogP contribution in [-0.4, -0.2) is 34.1 Å². The first-order valence-electron chi connectivity index (χ1n) is 14.4. The highest BCUT2D eigenvalue weighted by Gasteiger charge is 1.99. The second-order valence-electron chi connectivity index (χ2n) is 9.57. The van der Waals surface area contributed by atoms with E-state index < -0.39 is 12.2 Å². The van der Waals surface area contributed by atoms with E-state index in [0.717, 1.165) is 19.3 Å². The molecule has 0 aliphatic heterocycles. The van der Waals surface area contributed by atoms with Crippen molar-refractivity contribution >= 4 is 0 Å². The summed E-state index contributed by atoms with van der Waals surface area (Å²) < 4.78 is 0. The molecule has 2 atom stereocenters. The summed E-state index contributed by atoms with van der Waals surface area (Å²) in [6.45, 7) is -0.188. The lowest BCUT2D eigenvalue weighted by Gasteiger charge is -2.03. The maximum absolute atomic E-state index is 9.72. The highest BCUT2D eigenvalue weighted by atomic mass is 16.3. The molecule has 0 saturated carbocycles. The molecular weight excluding hydrogens is 444 g/mol. The normalized spacial score (nSPS) is 12.6. The molecule has 3 N–H and O–H groups in total. The van der Waals surface area contributed by atoms with E-state index >= 15 is 0 Å². The summed E-state index contributed by atoms with van der Waals surface area (Å²) in [6.07, 6.45) is 36.9. The van der Waals surface area contributed by atoms with Crippen molar-refractivity contribution in [3.63, 3.8) is 0 Å². The quantitative estimate of drug-likeness (QED) is 0.0793. The Morgan fingerprint density at radius 1 is 0.583 bits per heavy atom. The molecule has 3 nitrogen and oxygen atoms in total. The van der Waals surface area contributed by atoms with E-state index in [1.54, 1.807) is 6.08 Å². The Balaban J connectivity index is 3.26. The average Bonchev–Trinajstić information content (AvgIpc) is 2.88. The van der Waals surface area contributed by atoms with Gasteiger partial charge in [-0.1, -0.05) is 113 Å². The van der Waals surface area contributed by atoms with Gasteiger partial charge in [-0.25, -0.2) is 0 Å². The van der Waals surface area contributed by atoms with Crippen LogP contribution in [0.15, 0.2) is 24.3 Å². The molecule has 0 aromatic heterocycles. The van der Waals surface area contributed by atoms with Crippen LogP contribution in [0, 0.1) is 36.0 Å². The molecule has 0 fully saturated rings. The first-order chi connectivity index (χ1) is 17.7. The minimum atomic E-state index is -0.724. The van der Waals surface area contributed by atoms with Crippen molar-refractivity contribution in [3.8, 4) is 36.0 Å². The van der Waals surface area contributed by atoms with E-state index in [4.69, 9.17) is 11.5 Å². The third-order valence-corrected chi connectivity index (χ3v) is 6.21.